The summed E-state index contributed by atoms with van der Waals surface area (Å²) in [5.41, 5.74) is 0.590. The molecular formula is C15H18N4O3. The van der Waals surface area contributed by atoms with E-state index in [1.54, 1.807) is 26.2 Å². The number of carbonyl (C=O) groups is 1. The molecule has 1 aromatic carbocycles. The van der Waals surface area contributed by atoms with Crippen molar-refractivity contribution in [2.75, 3.05) is 38.2 Å². The zero-order chi connectivity index (χ0) is 15.5. The Morgan fingerprint density at radius 2 is 1.91 bits per heavy atom. The van der Waals surface area contributed by atoms with Gasteiger partial charge < -0.3 is 19.0 Å². The largest absolute Gasteiger partial charge is 0.496 e. The Morgan fingerprint density at radius 1 is 1.18 bits per heavy atom. The maximum absolute atomic E-state index is 12.6. The average molecular weight is 302 g/mol. The summed E-state index contributed by atoms with van der Waals surface area (Å²) >= 11 is 0. The van der Waals surface area contributed by atoms with Gasteiger partial charge in [-0.25, -0.2) is 0 Å². The van der Waals surface area contributed by atoms with Gasteiger partial charge in [-0.05, 0) is 12.1 Å². The Labute approximate surface area is 128 Å². The lowest BCUT2D eigenvalue weighted by Crippen LogP contribution is -2.49. The lowest BCUT2D eigenvalue weighted by Gasteiger charge is -2.33. The molecule has 0 bridgehead atoms. The number of methoxy groups -OCH3 is 1. The van der Waals surface area contributed by atoms with Crippen molar-refractivity contribution in [1.29, 1.82) is 0 Å². The molecule has 1 amide bonds. The topological polar surface area (TPSA) is 71.7 Å². The van der Waals surface area contributed by atoms with E-state index in [2.05, 4.69) is 10.2 Å². The molecule has 0 radical (unpaired) electrons. The molecule has 0 aliphatic carbocycles. The van der Waals surface area contributed by atoms with Gasteiger partial charge in [0.15, 0.2) is 0 Å². The number of piperazine rings is 1. The number of aryl methyl sites for hydroxylation is 1. The van der Waals surface area contributed by atoms with Crippen molar-refractivity contribution in [3.05, 3.63) is 35.7 Å². The summed E-state index contributed by atoms with van der Waals surface area (Å²) in [5.74, 6) is 1.13. The number of hydrogen-bond acceptors (Lipinski definition) is 6. The van der Waals surface area contributed by atoms with Crippen LogP contribution in [-0.4, -0.2) is 54.3 Å². The minimum atomic E-state index is -0.0150. The van der Waals surface area contributed by atoms with E-state index in [1.807, 2.05) is 21.9 Å². The summed E-state index contributed by atoms with van der Waals surface area (Å²) in [6.07, 6.45) is 0. The smallest absolute Gasteiger partial charge is 0.318 e. The fourth-order valence-electron chi connectivity index (χ4n) is 2.51. The normalized spacial score (nSPS) is 15.0. The fourth-order valence-corrected chi connectivity index (χ4v) is 2.51. The molecule has 1 fully saturated rings. The first kappa shape index (κ1) is 14.4. The van der Waals surface area contributed by atoms with E-state index in [9.17, 15) is 4.79 Å². The van der Waals surface area contributed by atoms with Crippen LogP contribution < -0.4 is 9.64 Å². The molecule has 0 atom stereocenters. The summed E-state index contributed by atoms with van der Waals surface area (Å²) in [6, 6.07) is 7.79. The third-order valence-corrected chi connectivity index (χ3v) is 3.69. The standard InChI is InChI=1S/C15H18N4O3/c1-11-16-17-15(22-11)19-9-7-18(8-10-19)14(20)12-5-3-4-6-13(12)21-2/h3-6H,7-10H2,1-2H3. The second-order valence-corrected chi connectivity index (χ2v) is 5.08. The molecular weight excluding hydrogens is 284 g/mol. The Kier molecular flexibility index (Phi) is 3.95. The van der Waals surface area contributed by atoms with Crippen LogP contribution in [0.15, 0.2) is 28.7 Å². The molecule has 3 rings (SSSR count). The number of benzene rings is 1. The van der Waals surface area contributed by atoms with E-state index in [0.29, 0.717) is 49.4 Å². The summed E-state index contributed by atoms with van der Waals surface area (Å²) < 4.78 is 10.7. The van der Waals surface area contributed by atoms with Gasteiger partial charge in [-0.1, -0.05) is 17.2 Å². The average Bonchev–Trinajstić information content (AvgIpc) is 3.01. The second-order valence-electron chi connectivity index (χ2n) is 5.08. The van der Waals surface area contributed by atoms with Gasteiger partial charge in [0.1, 0.15) is 5.75 Å². The SMILES string of the molecule is COc1ccccc1C(=O)N1CCN(c2nnc(C)o2)CC1. The summed E-state index contributed by atoms with van der Waals surface area (Å²) in [7, 11) is 1.57. The van der Waals surface area contributed by atoms with Crippen LogP contribution >= 0.6 is 0 Å². The van der Waals surface area contributed by atoms with Crippen LogP contribution in [0.1, 0.15) is 16.2 Å². The molecule has 0 saturated carbocycles. The van der Waals surface area contributed by atoms with Gasteiger partial charge in [0.2, 0.25) is 5.89 Å². The van der Waals surface area contributed by atoms with Gasteiger partial charge in [-0.2, -0.15) is 0 Å². The molecule has 0 spiro atoms. The number of anilines is 1. The minimum absolute atomic E-state index is 0.0150. The van der Waals surface area contributed by atoms with Crippen molar-refractivity contribution >= 4 is 11.9 Å². The molecule has 0 unspecified atom stereocenters. The maximum atomic E-state index is 12.6. The van der Waals surface area contributed by atoms with Crippen LogP contribution in [0, 0.1) is 6.92 Å². The van der Waals surface area contributed by atoms with Gasteiger partial charge in [0, 0.05) is 33.1 Å². The predicted molar refractivity (Wildman–Crippen MR) is 80.1 cm³/mol. The van der Waals surface area contributed by atoms with E-state index in [4.69, 9.17) is 9.15 Å². The monoisotopic (exact) mass is 302 g/mol. The number of nitrogens with zero attached hydrogens (tertiary/aromatic N) is 4. The van der Waals surface area contributed by atoms with Gasteiger partial charge >= 0.3 is 6.01 Å². The lowest BCUT2D eigenvalue weighted by atomic mass is 10.1. The number of para-hydroxylation sites is 1. The number of aromatic nitrogens is 2. The minimum Gasteiger partial charge on any atom is -0.496 e. The first-order valence-corrected chi connectivity index (χ1v) is 7.16. The van der Waals surface area contributed by atoms with Crippen molar-refractivity contribution in [1.82, 2.24) is 15.1 Å². The van der Waals surface area contributed by atoms with Crippen LogP contribution in [0.5, 0.6) is 5.75 Å². The van der Waals surface area contributed by atoms with Crippen LogP contribution in [-0.2, 0) is 0 Å². The van der Waals surface area contributed by atoms with Crippen molar-refractivity contribution in [3.8, 4) is 5.75 Å². The first-order chi connectivity index (χ1) is 10.7. The fraction of sp³-hybridized carbons (Fsp3) is 0.400. The summed E-state index contributed by atoms with van der Waals surface area (Å²) in [4.78, 5) is 16.4. The molecule has 1 saturated heterocycles. The zero-order valence-corrected chi connectivity index (χ0v) is 12.7. The van der Waals surface area contributed by atoms with Crippen molar-refractivity contribution in [2.45, 2.75) is 6.92 Å². The van der Waals surface area contributed by atoms with E-state index in [0.717, 1.165) is 0 Å². The van der Waals surface area contributed by atoms with E-state index >= 15 is 0 Å². The molecule has 7 heteroatoms. The van der Waals surface area contributed by atoms with Gasteiger partial charge in [-0.3, -0.25) is 4.79 Å². The van der Waals surface area contributed by atoms with Gasteiger partial charge in [0.25, 0.3) is 5.91 Å². The van der Waals surface area contributed by atoms with Crippen molar-refractivity contribution < 1.29 is 13.9 Å². The molecule has 1 aliphatic rings. The molecule has 2 heterocycles. The quantitative estimate of drug-likeness (QED) is 0.852. The predicted octanol–water partition coefficient (Wildman–Crippen LogP) is 1.35. The van der Waals surface area contributed by atoms with E-state index < -0.39 is 0 Å². The van der Waals surface area contributed by atoms with Crippen LogP contribution in [0.4, 0.5) is 6.01 Å². The Morgan fingerprint density at radius 3 is 2.55 bits per heavy atom. The molecule has 22 heavy (non-hydrogen) atoms. The third kappa shape index (κ3) is 2.74. The maximum Gasteiger partial charge on any atom is 0.318 e. The van der Waals surface area contributed by atoms with Gasteiger partial charge in [-0.15, -0.1) is 5.10 Å². The Bertz CT molecular complexity index is 662. The first-order valence-electron chi connectivity index (χ1n) is 7.16. The highest BCUT2D eigenvalue weighted by molar-refractivity contribution is 5.97. The molecule has 2 aromatic rings. The summed E-state index contributed by atoms with van der Waals surface area (Å²) in [6.45, 7) is 4.32. The summed E-state index contributed by atoms with van der Waals surface area (Å²) in [5, 5.41) is 7.84. The van der Waals surface area contributed by atoms with E-state index in [-0.39, 0.29) is 5.91 Å². The second kappa shape index (κ2) is 6.05. The molecule has 116 valence electrons. The zero-order valence-electron chi connectivity index (χ0n) is 12.7. The van der Waals surface area contributed by atoms with E-state index in [1.165, 1.54) is 0 Å². The van der Waals surface area contributed by atoms with Crippen molar-refractivity contribution in [2.24, 2.45) is 0 Å². The highest BCUT2D eigenvalue weighted by Crippen LogP contribution is 2.21. The van der Waals surface area contributed by atoms with Crippen LogP contribution in [0.3, 0.4) is 0 Å². The molecule has 1 aromatic heterocycles. The number of ether oxygens (including phenoxy) is 1. The van der Waals surface area contributed by atoms with Crippen LogP contribution in [0.2, 0.25) is 0 Å². The highest BCUT2D eigenvalue weighted by Gasteiger charge is 2.26. The number of hydrogen-bond donors (Lipinski definition) is 0. The number of amides is 1. The molecule has 0 N–H and O–H groups in total. The number of carbonyl (C=O) groups excluding carboxylic acids is 1. The third-order valence-electron chi connectivity index (χ3n) is 3.69. The molecule has 1 aliphatic heterocycles. The molecule has 7 nitrogen and oxygen atoms in total. The van der Waals surface area contributed by atoms with Gasteiger partial charge in [0.05, 0.1) is 12.7 Å². The Balaban J connectivity index is 1.67. The van der Waals surface area contributed by atoms with Crippen molar-refractivity contribution in [3.63, 3.8) is 0 Å². The highest BCUT2D eigenvalue weighted by atomic mass is 16.5. The van der Waals surface area contributed by atoms with Crippen LogP contribution in [0.25, 0.3) is 0 Å². The lowest BCUT2D eigenvalue weighted by molar-refractivity contribution is 0.0741. The Hall–Kier alpha value is -2.57. The number of rotatable bonds is 3.